The number of nitrogens with zero attached hydrogens (tertiary/aromatic N) is 2. The highest BCUT2D eigenvalue weighted by Gasteiger charge is 2.26. The van der Waals surface area contributed by atoms with E-state index in [4.69, 9.17) is 23.2 Å². The number of benzodiazepines with no additional fused rings is 1. The molecule has 5 heteroatoms. The maximum absolute atomic E-state index is 13.0. The van der Waals surface area contributed by atoms with Crippen LogP contribution in [0.15, 0.2) is 71.7 Å². The summed E-state index contributed by atoms with van der Waals surface area (Å²) in [6, 6.07) is 21.2. The molecule has 0 saturated carbocycles. The quantitative estimate of drug-likeness (QED) is 0.547. The maximum atomic E-state index is 13.0. The number of amides is 1. The average Bonchev–Trinajstić information content (AvgIpc) is 2.80. The molecule has 4 rings (SSSR count). The Labute approximate surface area is 174 Å². The van der Waals surface area contributed by atoms with E-state index < -0.39 is 0 Å². The summed E-state index contributed by atoms with van der Waals surface area (Å²) in [4.78, 5) is 19.3. The third kappa shape index (κ3) is 3.68. The lowest BCUT2D eigenvalue weighted by Gasteiger charge is -2.23. The second-order valence-corrected chi connectivity index (χ2v) is 7.62. The van der Waals surface area contributed by atoms with Gasteiger partial charge in [0.25, 0.3) is 0 Å². The van der Waals surface area contributed by atoms with Crippen LogP contribution in [0.5, 0.6) is 0 Å². The minimum Gasteiger partial charge on any atom is -0.306 e. The molecule has 140 valence electrons. The van der Waals surface area contributed by atoms with E-state index in [2.05, 4.69) is 11.1 Å². The van der Waals surface area contributed by atoms with Crippen molar-refractivity contribution in [3.8, 4) is 0 Å². The first-order valence-electron chi connectivity index (χ1n) is 8.98. The molecule has 0 spiro atoms. The van der Waals surface area contributed by atoms with Crippen molar-refractivity contribution in [1.82, 2.24) is 0 Å². The Hall–Kier alpha value is -2.62. The van der Waals surface area contributed by atoms with E-state index in [0.717, 1.165) is 27.9 Å². The summed E-state index contributed by atoms with van der Waals surface area (Å²) in [6.07, 6.45) is 0. The van der Waals surface area contributed by atoms with Crippen LogP contribution in [-0.4, -0.2) is 18.2 Å². The van der Waals surface area contributed by atoms with Crippen LogP contribution in [-0.2, 0) is 11.3 Å². The van der Waals surface area contributed by atoms with Crippen molar-refractivity contribution in [3.05, 3.63) is 99.0 Å². The molecule has 0 radical (unpaired) electrons. The van der Waals surface area contributed by atoms with Gasteiger partial charge in [0.05, 0.1) is 17.9 Å². The molecular weight excluding hydrogens is 391 g/mol. The number of anilines is 1. The molecule has 0 atom stereocenters. The number of fused-ring (bicyclic) bond motifs is 1. The molecule has 3 aromatic carbocycles. The second-order valence-electron chi connectivity index (χ2n) is 6.78. The van der Waals surface area contributed by atoms with Crippen LogP contribution in [0.25, 0.3) is 0 Å². The molecule has 0 N–H and O–H groups in total. The van der Waals surface area contributed by atoms with E-state index in [0.29, 0.717) is 22.3 Å². The predicted octanol–water partition coefficient (Wildman–Crippen LogP) is 5.69. The molecule has 1 amide bonds. The molecule has 0 unspecified atom stereocenters. The summed E-state index contributed by atoms with van der Waals surface area (Å²) in [5.74, 6) is -0.0628. The van der Waals surface area contributed by atoms with Gasteiger partial charge in [0.1, 0.15) is 6.54 Å². The van der Waals surface area contributed by atoms with E-state index in [1.165, 1.54) is 0 Å². The Kier molecular flexibility index (Phi) is 5.21. The van der Waals surface area contributed by atoms with Gasteiger partial charge in [-0.15, -0.1) is 0 Å². The lowest BCUT2D eigenvalue weighted by Crippen LogP contribution is -2.32. The highest BCUT2D eigenvalue weighted by molar-refractivity contribution is 6.37. The molecule has 0 aliphatic carbocycles. The zero-order chi connectivity index (χ0) is 19.7. The predicted molar refractivity (Wildman–Crippen MR) is 116 cm³/mol. The maximum Gasteiger partial charge on any atom is 0.248 e. The third-order valence-corrected chi connectivity index (χ3v) is 5.29. The fourth-order valence-electron chi connectivity index (χ4n) is 3.43. The minimum absolute atomic E-state index is 0.0542. The van der Waals surface area contributed by atoms with E-state index in [-0.39, 0.29) is 12.5 Å². The van der Waals surface area contributed by atoms with Gasteiger partial charge in [-0.05, 0) is 36.8 Å². The average molecular weight is 409 g/mol. The topological polar surface area (TPSA) is 32.7 Å². The number of hydrogen-bond donors (Lipinski definition) is 0. The Morgan fingerprint density at radius 2 is 1.79 bits per heavy atom. The SMILES string of the molecule is Cc1cccc(CN2C(=O)CN=C(c3ccccc3Cl)c3cc(Cl)ccc32)c1. The fourth-order valence-corrected chi connectivity index (χ4v) is 3.83. The Bertz CT molecular complexity index is 1090. The summed E-state index contributed by atoms with van der Waals surface area (Å²) in [6.45, 7) is 2.57. The largest absolute Gasteiger partial charge is 0.306 e. The number of hydrogen-bond acceptors (Lipinski definition) is 2. The fraction of sp³-hybridized carbons (Fsp3) is 0.130. The van der Waals surface area contributed by atoms with Gasteiger partial charge in [0, 0.05) is 21.2 Å². The Morgan fingerprint density at radius 1 is 0.964 bits per heavy atom. The molecule has 0 saturated heterocycles. The van der Waals surface area contributed by atoms with Crippen molar-refractivity contribution in [2.24, 2.45) is 4.99 Å². The number of benzene rings is 3. The first-order valence-corrected chi connectivity index (χ1v) is 9.74. The van der Waals surface area contributed by atoms with Crippen molar-refractivity contribution in [1.29, 1.82) is 0 Å². The lowest BCUT2D eigenvalue weighted by atomic mass is 9.99. The van der Waals surface area contributed by atoms with E-state index >= 15 is 0 Å². The molecule has 0 aromatic heterocycles. The van der Waals surface area contributed by atoms with Crippen LogP contribution in [0.1, 0.15) is 22.3 Å². The van der Waals surface area contributed by atoms with Gasteiger partial charge < -0.3 is 4.90 Å². The summed E-state index contributed by atoms with van der Waals surface area (Å²) >= 11 is 12.7. The van der Waals surface area contributed by atoms with Crippen LogP contribution in [0.3, 0.4) is 0 Å². The molecule has 0 bridgehead atoms. The van der Waals surface area contributed by atoms with Crippen molar-refractivity contribution in [3.63, 3.8) is 0 Å². The molecule has 3 nitrogen and oxygen atoms in total. The number of carbonyl (C=O) groups is 1. The normalized spacial score (nSPS) is 13.8. The number of carbonyl (C=O) groups excluding carboxylic acids is 1. The smallest absolute Gasteiger partial charge is 0.248 e. The summed E-state index contributed by atoms with van der Waals surface area (Å²) in [5.41, 5.74) is 5.28. The van der Waals surface area contributed by atoms with Gasteiger partial charge in [-0.2, -0.15) is 0 Å². The molecule has 0 fully saturated rings. The first-order chi connectivity index (χ1) is 13.5. The van der Waals surface area contributed by atoms with Gasteiger partial charge in [-0.3, -0.25) is 9.79 Å². The number of aliphatic imine (C=N–C) groups is 1. The molecule has 3 aromatic rings. The zero-order valence-electron chi connectivity index (χ0n) is 15.3. The van der Waals surface area contributed by atoms with Gasteiger partial charge in [-0.1, -0.05) is 71.2 Å². The van der Waals surface area contributed by atoms with Crippen LogP contribution in [0.4, 0.5) is 5.69 Å². The van der Waals surface area contributed by atoms with E-state index in [1.807, 2.05) is 61.5 Å². The minimum atomic E-state index is -0.0628. The van der Waals surface area contributed by atoms with Gasteiger partial charge >= 0.3 is 0 Å². The number of halogens is 2. The van der Waals surface area contributed by atoms with Crippen molar-refractivity contribution in [2.75, 3.05) is 11.4 Å². The Morgan fingerprint density at radius 3 is 2.57 bits per heavy atom. The van der Waals surface area contributed by atoms with Crippen molar-refractivity contribution >= 4 is 40.5 Å². The van der Waals surface area contributed by atoms with Crippen LogP contribution in [0.2, 0.25) is 10.0 Å². The van der Waals surface area contributed by atoms with Gasteiger partial charge in [0.15, 0.2) is 0 Å². The number of aryl methyl sites for hydroxylation is 1. The first kappa shape index (κ1) is 18.7. The molecule has 1 aliphatic rings. The highest BCUT2D eigenvalue weighted by Crippen LogP contribution is 2.32. The lowest BCUT2D eigenvalue weighted by molar-refractivity contribution is -0.117. The summed E-state index contributed by atoms with van der Waals surface area (Å²) in [5, 5.41) is 1.18. The highest BCUT2D eigenvalue weighted by atomic mass is 35.5. The van der Waals surface area contributed by atoms with E-state index in [9.17, 15) is 4.79 Å². The van der Waals surface area contributed by atoms with Gasteiger partial charge in [-0.25, -0.2) is 0 Å². The Balaban J connectivity index is 1.84. The number of rotatable bonds is 3. The van der Waals surface area contributed by atoms with E-state index in [1.54, 1.807) is 11.0 Å². The van der Waals surface area contributed by atoms with Crippen LogP contribution < -0.4 is 4.90 Å². The van der Waals surface area contributed by atoms with Gasteiger partial charge in [0.2, 0.25) is 5.91 Å². The molecule has 1 heterocycles. The third-order valence-electron chi connectivity index (χ3n) is 4.73. The van der Waals surface area contributed by atoms with Crippen molar-refractivity contribution < 1.29 is 4.79 Å². The molecular formula is C23H18Cl2N2O. The monoisotopic (exact) mass is 408 g/mol. The van der Waals surface area contributed by atoms with Crippen LogP contribution in [0, 0.1) is 6.92 Å². The zero-order valence-corrected chi connectivity index (χ0v) is 16.8. The second kappa shape index (κ2) is 7.78. The van der Waals surface area contributed by atoms with Crippen molar-refractivity contribution in [2.45, 2.75) is 13.5 Å². The molecule has 28 heavy (non-hydrogen) atoms. The molecule has 1 aliphatic heterocycles. The summed E-state index contributed by atoms with van der Waals surface area (Å²) in [7, 11) is 0. The summed E-state index contributed by atoms with van der Waals surface area (Å²) < 4.78 is 0. The van der Waals surface area contributed by atoms with Crippen LogP contribution >= 0.6 is 23.2 Å². The standard InChI is InChI=1S/C23H18Cl2N2O/c1-15-5-4-6-16(11-15)14-27-21-10-9-17(24)12-19(21)23(26-13-22(27)28)18-7-2-3-8-20(18)25/h2-12H,13-14H2,1H3.